The van der Waals surface area contributed by atoms with E-state index < -0.39 is 5.82 Å². The number of aliphatic hydroxyl groups excluding tert-OH is 1. The number of anilines is 1. The topological polar surface area (TPSA) is 104 Å². The first-order valence-electron chi connectivity index (χ1n) is 11.4. The van der Waals surface area contributed by atoms with E-state index in [1.807, 2.05) is 13.0 Å². The number of H-pyrrole nitrogens is 1. The van der Waals surface area contributed by atoms with E-state index in [-0.39, 0.29) is 18.6 Å². The van der Waals surface area contributed by atoms with Crippen molar-refractivity contribution in [3.63, 3.8) is 0 Å². The molecule has 4 aromatic heterocycles. The monoisotopic (exact) mass is 457 g/mol. The van der Waals surface area contributed by atoms with Crippen LogP contribution in [-0.4, -0.2) is 47.3 Å². The number of halogens is 1. The summed E-state index contributed by atoms with van der Waals surface area (Å²) in [4.78, 5) is 16.9. The summed E-state index contributed by atoms with van der Waals surface area (Å²) in [5.74, 6) is 0.292. The highest BCUT2D eigenvalue weighted by atomic mass is 19.1. The zero-order valence-corrected chi connectivity index (χ0v) is 18.7. The van der Waals surface area contributed by atoms with E-state index in [4.69, 9.17) is 4.98 Å². The molecule has 1 aliphatic rings. The van der Waals surface area contributed by atoms with Crippen molar-refractivity contribution in [2.24, 2.45) is 0 Å². The van der Waals surface area contributed by atoms with Crippen LogP contribution in [-0.2, 0) is 12.8 Å². The number of aromatic nitrogens is 6. The number of pyridine rings is 1. The maximum atomic E-state index is 13.9. The minimum absolute atomic E-state index is 0.0308. The van der Waals surface area contributed by atoms with Crippen LogP contribution in [0.25, 0.3) is 27.9 Å². The van der Waals surface area contributed by atoms with Crippen LogP contribution >= 0.6 is 0 Å². The van der Waals surface area contributed by atoms with Crippen molar-refractivity contribution in [1.29, 1.82) is 0 Å². The molecular formula is C25H24FN7O. The van der Waals surface area contributed by atoms with Crippen molar-refractivity contribution in [2.45, 2.75) is 38.1 Å². The Balaban J connectivity index is 1.41. The van der Waals surface area contributed by atoms with Gasteiger partial charge < -0.3 is 15.4 Å². The molecule has 0 spiro atoms. The third-order valence-electron chi connectivity index (χ3n) is 6.59. The van der Waals surface area contributed by atoms with Gasteiger partial charge >= 0.3 is 0 Å². The summed E-state index contributed by atoms with van der Waals surface area (Å²) in [7, 11) is 0. The molecule has 0 fully saturated rings. The lowest BCUT2D eigenvalue weighted by atomic mass is 9.91. The lowest BCUT2D eigenvalue weighted by Crippen LogP contribution is -2.29. The molecule has 172 valence electrons. The number of nitrogens with one attached hydrogen (secondary N) is 2. The average molecular weight is 458 g/mol. The van der Waals surface area contributed by atoms with Gasteiger partial charge in [0.1, 0.15) is 5.82 Å². The van der Waals surface area contributed by atoms with Gasteiger partial charge in [-0.05, 0) is 37.0 Å². The number of aliphatic hydroxyl groups is 1. The van der Waals surface area contributed by atoms with Crippen LogP contribution in [0.3, 0.4) is 0 Å². The van der Waals surface area contributed by atoms with Crippen LogP contribution in [0.15, 0.2) is 48.9 Å². The number of aromatic amines is 1. The second kappa shape index (κ2) is 8.18. The van der Waals surface area contributed by atoms with Crippen molar-refractivity contribution < 1.29 is 9.50 Å². The van der Waals surface area contributed by atoms with E-state index in [9.17, 15) is 9.50 Å². The molecule has 1 aliphatic carbocycles. The fourth-order valence-electron chi connectivity index (χ4n) is 4.77. The lowest BCUT2D eigenvalue weighted by molar-refractivity contribution is 0.273. The Morgan fingerprint density at radius 3 is 2.97 bits per heavy atom. The molecule has 5 aromatic rings. The molecule has 4 heterocycles. The van der Waals surface area contributed by atoms with Crippen molar-refractivity contribution in [3.05, 3.63) is 71.6 Å². The van der Waals surface area contributed by atoms with E-state index in [1.165, 1.54) is 22.7 Å². The Hall–Kier alpha value is -3.85. The number of para-hydroxylation sites is 1. The molecule has 2 unspecified atom stereocenters. The highest BCUT2D eigenvalue weighted by Gasteiger charge is 2.25. The predicted molar refractivity (Wildman–Crippen MR) is 127 cm³/mol. The van der Waals surface area contributed by atoms with Gasteiger partial charge in [0.2, 0.25) is 5.95 Å². The molecule has 9 heteroatoms. The first kappa shape index (κ1) is 20.7. The normalized spacial score (nSPS) is 16.6. The number of nitrogens with zero attached hydrogens (tertiary/aromatic N) is 5. The van der Waals surface area contributed by atoms with Crippen LogP contribution < -0.4 is 5.32 Å². The Bertz CT molecular complexity index is 1510. The van der Waals surface area contributed by atoms with E-state index in [1.54, 1.807) is 16.9 Å². The summed E-state index contributed by atoms with van der Waals surface area (Å²) in [6.07, 6.45) is 7.13. The molecule has 3 N–H and O–H groups in total. The highest BCUT2D eigenvalue weighted by Crippen LogP contribution is 2.31. The molecule has 0 bridgehead atoms. The number of rotatable bonds is 5. The molecule has 34 heavy (non-hydrogen) atoms. The molecule has 0 saturated heterocycles. The molecule has 6 rings (SSSR count). The Morgan fingerprint density at radius 2 is 2.12 bits per heavy atom. The van der Waals surface area contributed by atoms with Crippen LogP contribution in [0.5, 0.6) is 0 Å². The Kier molecular flexibility index (Phi) is 4.99. The van der Waals surface area contributed by atoms with Crippen molar-refractivity contribution >= 4 is 22.5 Å². The molecule has 8 nitrogen and oxygen atoms in total. The SMILES string of the molecule is CC(CO)c1cnn2c(NC3CCc4[nH]c5ccccc5c4C3)nc(-c3cncc(F)c3)nc12. The standard InChI is InChI=1S/C25H24FN7O/c1-14(13-34)20-12-28-33-24(20)31-23(15-8-16(26)11-27-10-15)32-25(33)29-17-6-7-22-19(9-17)18-4-2-3-5-21(18)30-22/h2-5,8,10-12,14,17,30,34H,6-7,9,13H2,1H3,(H,29,31,32). The highest BCUT2D eigenvalue weighted by molar-refractivity contribution is 5.85. The first-order valence-corrected chi connectivity index (χ1v) is 11.4. The van der Waals surface area contributed by atoms with Crippen LogP contribution in [0.2, 0.25) is 0 Å². The van der Waals surface area contributed by atoms with Gasteiger partial charge in [0.05, 0.1) is 12.4 Å². The van der Waals surface area contributed by atoms with Crippen molar-refractivity contribution in [2.75, 3.05) is 11.9 Å². The Labute approximate surface area is 194 Å². The van der Waals surface area contributed by atoms with Gasteiger partial charge in [0.25, 0.3) is 0 Å². The van der Waals surface area contributed by atoms with Crippen molar-refractivity contribution in [1.82, 2.24) is 29.5 Å². The minimum Gasteiger partial charge on any atom is -0.396 e. The fraction of sp³-hybridized carbons (Fsp3) is 0.280. The number of aryl methyl sites for hydroxylation is 1. The van der Waals surface area contributed by atoms with Gasteiger partial charge in [0, 0.05) is 52.5 Å². The zero-order valence-electron chi connectivity index (χ0n) is 18.7. The first-order chi connectivity index (χ1) is 16.6. The van der Waals surface area contributed by atoms with Crippen molar-refractivity contribution in [3.8, 4) is 11.4 Å². The van der Waals surface area contributed by atoms with E-state index in [0.29, 0.717) is 23.0 Å². The van der Waals surface area contributed by atoms with Gasteiger partial charge in [-0.25, -0.2) is 9.37 Å². The third-order valence-corrected chi connectivity index (χ3v) is 6.59. The lowest BCUT2D eigenvalue weighted by Gasteiger charge is -2.24. The second-order valence-corrected chi connectivity index (χ2v) is 8.89. The van der Waals surface area contributed by atoms with Gasteiger partial charge in [-0.3, -0.25) is 4.98 Å². The number of benzene rings is 1. The van der Waals surface area contributed by atoms with Crippen LogP contribution in [0, 0.1) is 5.82 Å². The smallest absolute Gasteiger partial charge is 0.228 e. The van der Waals surface area contributed by atoms with Gasteiger partial charge in [-0.1, -0.05) is 25.1 Å². The summed E-state index contributed by atoms with van der Waals surface area (Å²) >= 11 is 0. The summed E-state index contributed by atoms with van der Waals surface area (Å²) in [6, 6.07) is 9.88. The largest absolute Gasteiger partial charge is 0.396 e. The zero-order chi connectivity index (χ0) is 23.2. The molecule has 2 atom stereocenters. The second-order valence-electron chi connectivity index (χ2n) is 8.89. The maximum Gasteiger partial charge on any atom is 0.228 e. The molecule has 1 aromatic carbocycles. The minimum atomic E-state index is -0.452. The van der Waals surface area contributed by atoms with E-state index in [0.717, 1.165) is 36.5 Å². The third kappa shape index (κ3) is 3.49. The van der Waals surface area contributed by atoms with Gasteiger partial charge in [0.15, 0.2) is 11.5 Å². The summed E-state index contributed by atoms with van der Waals surface area (Å²) in [5.41, 5.74) is 5.65. The number of hydrogen-bond acceptors (Lipinski definition) is 6. The van der Waals surface area contributed by atoms with Gasteiger partial charge in [-0.2, -0.15) is 14.6 Å². The molecular weight excluding hydrogens is 433 g/mol. The van der Waals surface area contributed by atoms with Crippen LogP contribution in [0.4, 0.5) is 10.3 Å². The number of hydrogen-bond donors (Lipinski definition) is 3. The molecule has 0 amide bonds. The molecule has 0 radical (unpaired) electrons. The van der Waals surface area contributed by atoms with E-state index in [2.05, 4.69) is 43.6 Å². The summed E-state index contributed by atoms with van der Waals surface area (Å²) in [6.45, 7) is 1.88. The average Bonchev–Trinajstić information content (AvgIpc) is 3.45. The molecule has 0 aliphatic heterocycles. The summed E-state index contributed by atoms with van der Waals surface area (Å²) < 4.78 is 15.6. The quantitative estimate of drug-likeness (QED) is 0.370. The van der Waals surface area contributed by atoms with E-state index >= 15 is 0 Å². The van der Waals surface area contributed by atoms with Gasteiger partial charge in [-0.15, -0.1) is 0 Å². The fourth-order valence-corrected chi connectivity index (χ4v) is 4.77. The summed E-state index contributed by atoms with van der Waals surface area (Å²) in [5, 5.41) is 19.1. The maximum absolute atomic E-state index is 13.9. The number of fused-ring (bicyclic) bond motifs is 4. The Morgan fingerprint density at radius 1 is 1.24 bits per heavy atom. The molecule has 0 saturated carbocycles. The predicted octanol–water partition coefficient (Wildman–Crippen LogP) is 3.87. The van der Waals surface area contributed by atoms with Crippen LogP contribution in [0.1, 0.15) is 36.1 Å².